The van der Waals surface area contributed by atoms with Gasteiger partial charge in [-0.25, -0.2) is 0 Å². The summed E-state index contributed by atoms with van der Waals surface area (Å²) in [5.74, 6) is 1.94. The number of hydrogen-bond acceptors (Lipinski definition) is 6. The summed E-state index contributed by atoms with van der Waals surface area (Å²) in [6.45, 7) is 0.711. The van der Waals surface area contributed by atoms with Crippen LogP contribution < -0.4 is 11.1 Å². The first kappa shape index (κ1) is 16.8. The Morgan fingerprint density at radius 1 is 1.12 bits per heavy atom. The van der Waals surface area contributed by atoms with Crippen molar-refractivity contribution in [3.05, 3.63) is 36.3 Å². The molecule has 1 aliphatic rings. The van der Waals surface area contributed by atoms with Crippen LogP contribution in [0.25, 0.3) is 10.9 Å². The number of nitrogens with zero attached hydrogens (tertiary/aromatic N) is 4. The number of fused-ring (bicyclic) bond motifs is 1. The molecule has 0 radical (unpaired) electrons. The Kier molecular flexibility index (Phi) is 4.71. The Morgan fingerprint density at radius 3 is 2.77 bits per heavy atom. The largest absolute Gasteiger partial charge is 0.395 e. The quantitative estimate of drug-likeness (QED) is 0.652. The van der Waals surface area contributed by atoms with Gasteiger partial charge < -0.3 is 20.7 Å². The van der Waals surface area contributed by atoms with E-state index in [1.54, 1.807) is 0 Å². The topological polar surface area (TPSA) is 102 Å². The maximum absolute atomic E-state index is 9.14. The minimum Gasteiger partial charge on any atom is -0.395 e. The molecule has 1 fully saturated rings. The number of nitrogens with one attached hydrogen (secondary N) is 1. The van der Waals surface area contributed by atoms with Crippen LogP contribution in [0.1, 0.15) is 43.8 Å². The highest BCUT2D eigenvalue weighted by Gasteiger charge is 2.19. The number of hydrogen-bond donors (Lipinski definition) is 3. The van der Waals surface area contributed by atoms with Crippen molar-refractivity contribution in [2.24, 2.45) is 0 Å². The van der Waals surface area contributed by atoms with Crippen LogP contribution in [0, 0.1) is 0 Å². The number of benzene rings is 1. The molecule has 7 heteroatoms. The highest BCUT2D eigenvalue weighted by atomic mass is 16.3. The third kappa shape index (κ3) is 3.48. The molecule has 0 unspecified atom stereocenters. The summed E-state index contributed by atoms with van der Waals surface area (Å²) in [6.07, 6.45) is 7.95. The van der Waals surface area contributed by atoms with Crippen molar-refractivity contribution >= 4 is 28.5 Å². The van der Waals surface area contributed by atoms with E-state index in [0.29, 0.717) is 18.4 Å². The molecule has 4 N–H and O–H groups in total. The highest BCUT2D eigenvalue weighted by Crippen LogP contribution is 2.31. The Balaban J connectivity index is 1.58. The van der Waals surface area contributed by atoms with Crippen LogP contribution in [0.15, 0.2) is 30.5 Å². The number of anilines is 3. The van der Waals surface area contributed by atoms with Crippen molar-refractivity contribution in [3.8, 4) is 0 Å². The van der Waals surface area contributed by atoms with Crippen molar-refractivity contribution in [3.63, 3.8) is 0 Å². The molecule has 0 bridgehead atoms. The van der Waals surface area contributed by atoms with Gasteiger partial charge in [0.15, 0.2) is 0 Å². The first-order chi connectivity index (χ1) is 12.7. The minimum absolute atomic E-state index is 0.123. The van der Waals surface area contributed by atoms with E-state index in [2.05, 4.69) is 20.3 Å². The van der Waals surface area contributed by atoms with Gasteiger partial charge >= 0.3 is 0 Å². The van der Waals surface area contributed by atoms with Gasteiger partial charge in [-0.15, -0.1) is 0 Å². The smallest absolute Gasteiger partial charge is 0.232 e. The molecule has 0 amide bonds. The van der Waals surface area contributed by atoms with E-state index in [-0.39, 0.29) is 12.6 Å². The Bertz CT molecular complexity index is 900. The number of rotatable bonds is 5. The minimum atomic E-state index is 0.123. The van der Waals surface area contributed by atoms with Crippen LogP contribution in [-0.4, -0.2) is 31.2 Å². The second-order valence-corrected chi connectivity index (χ2v) is 6.84. The van der Waals surface area contributed by atoms with Crippen LogP contribution in [-0.2, 0) is 6.54 Å². The molecule has 3 aromatic rings. The van der Waals surface area contributed by atoms with E-state index in [1.807, 2.05) is 35.0 Å². The van der Waals surface area contributed by atoms with Crippen molar-refractivity contribution in [1.82, 2.24) is 19.5 Å². The molecular formula is C19H24N6O. The lowest BCUT2D eigenvalue weighted by molar-refractivity contribution is 0.278. The normalized spacial score (nSPS) is 15.4. The van der Waals surface area contributed by atoms with Crippen LogP contribution in [0.2, 0.25) is 0 Å². The zero-order valence-electron chi connectivity index (χ0n) is 14.7. The van der Waals surface area contributed by atoms with Crippen molar-refractivity contribution in [1.29, 1.82) is 0 Å². The van der Waals surface area contributed by atoms with Gasteiger partial charge in [0.2, 0.25) is 11.9 Å². The summed E-state index contributed by atoms with van der Waals surface area (Å²) >= 11 is 0. The lowest BCUT2D eigenvalue weighted by Crippen LogP contribution is -2.13. The monoisotopic (exact) mass is 352 g/mol. The summed E-state index contributed by atoms with van der Waals surface area (Å²) in [7, 11) is 0. The molecule has 136 valence electrons. The second kappa shape index (κ2) is 7.29. The molecule has 0 aliphatic heterocycles. The van der Waals surface area contributed by atoms with Crippen molar-refractivity contribution in [2.75, 3.05) is 17.7 Å². The lowest BCUT2D eigenvalue weighted by Gasteiger charge is -2.20. The number of aliphatic hydroxyl groups is 1. The van der Waals surface area contributed by atoms with Crippen LogP contribution in [0.5, 0.6) is 0 Å². The maximum Gasteiger partial charge on any atom is 0.232 e. The molecule has 0 saturated heterocycles. The Labute approximate surface area is 152 Å². The van der Waals surface area contributed by atoms with Crippen LogP contribution in [0.3, 0.4) is 0 Å². The molecule has 1 aromatic carbocycles. The number of nitrogens with two attached hydrogens (primary N) is 1. The van der Waals surface area contributed by atoms with Gasteiger partial charge in [-0.05, 0) is 37.1 Å². The maximum atomic E-state index is 9.14. The van der Waals surface area contributed by atoms with E-state index >= 15 is 0 Å². The van der Waals surface area contributed by atoms with E-state index < -0.39 is 0 Å². The molecule has 0 atom stereocenters. The highest BCUT2D eigenvalue weighted by molar-refractivity contribution is 5.84. The fourth-order valence-electron chi connectivity index (χ4n) is 3.72. The molecule has 1 aliphatic carbocycles. The Hall–Kier alpha value is -2.67. The van der Waals surface area contributed by atoms with Gasteiger partial charge in [-0.1, -0.05) is 19.3 Å². The molecule has 4 rings (SSSR count). The number of nitrogen functional groups attached to an aromatic ring is 1. The molecule has 0 spiro atoms. The van der Waals surface area contributed by atoms with E-state index in [1.165, 1.54) is 19.3 Å². The lowest BCUT2D eigenvalue weighted by atomic mass is 9.89. The van der Waals surface area contributed by atoms with Gasteiger partial charge in [-0.2, -0.15) is 15.0 Å². The van der Waals surface area contributed by atoms with Gasteiger partial charge in [0.1, 0.15) is 5.82 Å². The van der Waals surface area contributed by atoms with Crippen molar-refractivity contribution < 1.29 is 5.11 Å². The SMILES string of the molecule is Nc1nc(Nc2ccc3c(ccn3CCO)c2)nc(C2CCCCC2)n1. The molecule has 2 aromatic heterocycles. The molecular weight excluding hydrogens is 328 g/mol. The average Bonchev–Trinajstić information content (AvgIpc) is 3.04. The average molecular weight is 352 g/mol. The predicted octanol–water partition coefficient (Wildman–Crippen LogP) is 3.19. The standard InChI is InChI=1S/C19H24N6O/c20-18-22-17(13-4-2-1-3-5-13)23-19(24-18)21-15-6-7-16-14(12-15)8-9-25(16)10-11-26/h6-9,12-13,26H,1-5,10-11H2,(H3,20,21,22,23,24). The number of aliphatic hydroxyl groups excluding tert-OH is 1. The van der Waals surface area contributed by atoms with Gasteiger partial charge in [0.25, 0.3) is 0 Å². The summed E-state index contributed by atoms with van der Waals surface area (Å²) in [5, 5.41) is 13.5. The first-order valence-electron chi connectivity index (χ1n) is 9.21. The third-order valence-electron chi connectivity index (χ3n) is 5.01. The van der Waals surface area contributed by atoms with Crippen LogP contribution >= 0.6 is 0 Å². The zero-order valence-corrected chi connectivity index (χ0v) is 14.7. The number of aromatic nitrogens is 4. The second-order valence-electron chi connectivity index (χ2n) is 6.84. The molecule has 1 saturated carbocycles. The molecule has 2 heterocycles. The van der Waals surface area contributed by atoms with E-state index in [9.17, 15) is 0 Å². The zero-order chi connectivity index (χ0) is 17.9. The fourth-order valence-corrected chi connectivity index (χ4v) is 3.72. The summed E-state index contributed by atoms with van der Waals surface area (Å²) < 4.78 is 2.03. The first-order valence-corrected chi connectivity index (χ1v) is 9.21. The summed E-state index contributed by atoms with van der Waals surface area (Å²) in [5.41, 5.74) is 7.91. The third-order valence-corrected chi connectivity index (χ3v) is 5.01. The van der Waals surface area contributed by atoms with Gasteiger partial charge in [0.05, 0.1) is 6.61 Å². The molecule has 26 heavy (non-hydrogen) atoms. The predicted molar refractivity (Wildman–Crippen MR) is 102 cm³/mol. The van der Waals surface area contributed by atoms with Crippen LogP contribution in [0.4, 0.5) is 17.6 Å². The van der Waals surface area contributed by atoms with Crippen molar-refractivity contribution in [2.45, 2.75) is 44.6 Å². The molecule has 7 nitrogen and oxygen atoms in total. The van der Waals surface area contributed by atoms with Gasteiger partial charge in [-0.3, -0.25) is 0 Å². The summed E-state index contributed by atoms with van der Waals surface area (Å²) in [4.78, 5) is 13.2. The van der Waals surface area contributed by atoms with E-state index in [0.717, 1.165) is 35.3 Å². The Morgan fingerprint density at radius 2 is 1.96 bits per heavy atom. The fraction of sp³-hybridized carbons (Fsp3) is 0.421. The van der Waals surface area contributed by atoms with E-state index in [4.69, 9.17) is 10.8 Å². The van der Waals surface area contributed by atoms with Gasteiger partial charge in [0, 0.05) is 35.2 Å². The summed E-state index contributed by atoms with van der Waals surface area (Å²) in [6, 6.07) is 8.09.